The Bertz CT molecular complexity index is 484. The van der Waals surface area contributed by atoms with E-state index in [0.717, 1.165) is 0 Å². The molecule has 0 atom stereocenters. The van der Waals surface area contributed by atoms with Crippen LogP contribution in [0.4, 0.5) is 11.6 Å². The maximum atomic E-state index is 5.23. The molecule has 0 amide bonds. The third-order valence-electron chi connectivity index (χ3n) is 2.00. The molecule has 0 aliphatic heterocycles. The molecule has 2 rings (SSSR count). The summed E-state index contributed by atoms with van der Waals surface area (Å²) in [7, 11) is 0. The van der Waals surface area contributed by atoms with Crippen LogP contribution in [0.1, 0.15) is 11.7 Å². The van der Waals surface area contributed by atoms with Gasteiger partial charge in [-0.2, -0.15) is 4.98 Å². The van der Waals surface area contributed by atoms with E-state index in [2.05, 4.69) is 30.9 Å². The number of nitrogens with one attached hydrogen (secondary N) is 2. The number of rotatable bonds is 5. The third-order valence-corrected chi connectivity index (χ3v) is 2.00. The molecular weight excluding hydrogens is 222 g/mol. The van der Waals surface area contributed by atoms with Crippen molar-refractivity contribution >= 4 is 11.6 Å². The fourth-order valence-electron chi connectivity index (χ4n) is 1.26. The summed E-state index contributed by atoms with van der Waals surface area (Å²) in [5.74, 6) is 7.59. The molecule has 0 unspecified atom stereocenters. The van der Waals surface area contributed by atoms with Gasteiger partial charge < -0.3 is 15.3 Å². The molecule has 2 aromatic heterocycles. The van der Waals surface area contributed by atoms with Crippen molar-refractivity contribution in [3.05, 3.63) is 24.1 Å². The summed E-state index contributed by atoms with van der Waals surface area (Å²) < 4.78 is 4.98. The molecular formula is C9H13N7O. The number of nitrogen functional groups attached to an aromatic ring is 1. The molecule has 17 heavy (non-hydrogen) atoms. The standard InChI is InChI=1S/C9H13N7O/c1-6-13-9(17-16-6)2-3-12-7-4-11-5-8(14-7)15-10/h4-5H,2-3,10H2,1H3,(H2,12,14,15). The second-order valence-corrected chi connectivity index (χ2v) is 3.35. The van der Waals surface area contributed by atoms with Gasteiger partial charge in [0, 0.05) is 13.0 Å². The first-order valence-corrected chi connectivity index (χ1v) is 5.09. The second kappa shape index (κ2) is 5.21. The van der Waals surface area contributed by atoms with Crippen LogP contribution in [0, 0.1) is 6.92 Å². The number of nitrogens with two attached hydrogens (primary N) is 1. The zero-order chi connectivity index (χ0) is 12.1. The summed E-state index contributed by atoms with van der Waals surface area (Å²) in [6.45, 7) is 2.41. The lowest BCUT2D eigenvalue weighted by atomic mass is 10.4. The van der Waals surface area contributed by atoms with Crippen molar-refractivity contribution in [3.8, 4) is 0 Å². The smallest absolute Gasteiger partial charge is 0.228 e. The summed E-state index contributed by atoms with van der Waals surface area (Å²) in [5, 5.41) is 6.78. The third kappa shape index (κ3) is 3.11. The van der Waals surface area contributed by atoms with E-state index in [0.29, 0.717) is 36.3 Å². The van der Waals surface area contributed by atoms with Gasteiger partial charge in [0.05, 0.1) is 12.4 Å². The molecule has 8 nitrogen and oxygen atoms in total. The zero-order valence-electron chi connectivity index (χ0n) is 9.34. The predicted molar refractivity (Wildman–Crippen MR) is 61.1 cm³/mol. The van der Waals surface area contributed by atoms with E-state index in [9.17, 15) is 0 Å². The highest BCUT2D eigenvalue weighted by Crippen LogP contribution is 2.05. The van der Waals surface area contributed by atoms with Gasteiger partial charge in [-0.25, -0.2) is 10.8 Å². The number of anilines is 2. The largest absolute Gasteiger partial charge is 0.368 e. The van der Waals surface area contributed by atoms with E-state index in [4.69, 9.17) is 10.4 Å². The molecule has 0 bridgehead atoms. The van der Waals surface area contributed by atoms with Crippen LogP contribution in [-0.4, -0.2) is 26.7 Å². The number of hydrogen-bond donors (Lipinski definition) is 3. The van der Waals surface area contributed by atoms with E-state index >= 15 is 0 Å². The topological polar surface area (TPSA) is 115 Å². The lowest BCUT2D eigenvalue weighted by Gasteiger charge is -2.04. The molecule has 90 valence electrons. The summed E-state index contributed by atoms with van der Waals surface area (Å²) in [5.41, 5.74) is 2.42. The minimum absolute atomic E-state index is 0.503. The normalized spacial score (nSPS) is 10.2. The van der Waals surface area contributed by atoms with E-state index in [1.54, 1.807) is 13.1 Å². The molecule has 0 aliphatic rings. The quantitative estimate of drug-likeness (QED) is 0.494. The van der Waals surface area contributed by atoms with Gasteiger partial charge in [-0.15, -0.1) is 0 Å². The molecule has 4 N–H and O–H groups in total. The van der Waals surface area contributed by atoms with Crippen molar-refractivity contribution in [1.29, 1.82) is 0 Å². The van der Waals surface area contributed by atoms with E-state index in [1.807, 2.05) is 0 Å². The van der Waals surface area contributed by atoms with E-state index in [1.165, 1.54) is 6.20 Å². The fraction of sp³-hybridized carbons (Fsp3) is 0.333. The molecule has 0 spiro atoms. The van der Waals surface area contributed by atoms with Crippen LogP contribution in [0.15, 0.2) is 16.9 Å². The van der Waals surface area contributed by atoms with Crippen LogP contribution in [0.25, 0.3) is 0 Å². The highest BCUT2D eigenvalue weighted by molar-refractivity contribution is 5.40. The summed E-state index contributed by atoms with van der Waals surface area (Å²) in [4.78, 5) is 12.2. The van der Waals surface area contributed by atoms with Gasteiger partial charge in [0.1, 0.15) is 5.82 Å². The summed E-state index contributed by atoms with van der Waals surface area (Å²) >= 11 is 0. The van der Waals surface area contributed by atoms with Crippen molar-refractivity contribution < 1.29 is 4.52 Å². The molecule has 0 saturated heterocycles. The Morgan fingerprint density at radius 2 is 2.12 bits per heavy atom. The lowest BCUT2D eigenvalue weighted by Crippen LogP contribution is -2.11. The molecule has 2 heterocycles. The summed E-state index contributed by atoms with van der Waals surface area (Å²) in [6, 6.07) is 0. The Morgan fingerprint density at radius 1 is 1.29 bits per heavy atom. The first-order chi connectivity index (χ1) is 8.28. The fourth-order valence-corrected chi connectivity index (χ4v) is 1.26. The van der Waals surface area contributed by atoms with Crippen molar-refractivity contribution in [2.45, 2.75) is 13.3 Å². The zero-order valence-corrected chi connectivity index (χ0v) is 9.34. The Morgan fingerprint density at radius 3 is 2.82 bits per heavy atom. The number of hydrazine groups is 1. The lowest BCUT2D eigenvalue weighted by molar-refractivity contribution is 0.377. The first-order valence-electron chi connectivity index (χ1n) is 5.09. The van der Waals surface area contributed by atoms with Gasteiger partial charge >= 0.3 is 0 Å². The van der Waals surface area contributed by atoms with Crippen molar-refractivity contribution in [3.63, 3.8) is 0 Å². The predicted octanol–water partition coefficient (Wildman–Crippen LogP) is 0.108. The average molecular weight is 235 g/mol. The average Bonchev–Trinajstić information content (AvgIpc) is 2.75. The van der Waals surface area contributed by atoms with Gasteiger partial charge in [0.2, 0.25) is 5.89 Å². The molecule has 2 aromatic rings. The van der Waals surface area contributed by atoms with Gasteiger partial charge in [-0.1, -0.05) is 5.16 Å². The van der Waals surface area contributed by atoms with Crippen molar-refractivity contribution in [2.75, 3.05) is 17.3 Å². The Hall–Kier alpha value is -2.22. The second-order valence-electron chi connectivity index (χ2n) is 3.35. The molecule has 0 saturated carbocycles. The Balaban J connectivity index is 1.85. The van der Waals surface area contributed by atoms with Gasteiger partial charge in [-0.05, 0) is 6.92 Å². The van der Waals surface area contributed by atoms with Crippen LogP contribution in [-0.2, 0) is 6.42 Å². The van der Waals surface area contributed by atoms with Gasteiger partial charge in [0.25, 0.3) is 0 Å². The minimum atomic E-state index is 0.503. The molecule has 0 aromatic carbocycles. The van der Waals surface area contributed by atoms with Crippen LogP contribution >= 0.6 is 0 Å². The number of nitrogens with zero attached hydrogens (tertiary/aromatic N) is 4. The highest BCUT2D eigenvalue weighted by Gasteiger charge is 2.02. The Labute approximate surface area is 97.6 Å². The maximum Gasteiger partial charge on any atom is 0.228 e. The molecule has 0 aliphatic carbocycles. The number of hydrogen-bond acceptors (Lipinski definition) is 8. The summed E-state index contributed by atoms with van der Waals surface area (Å²) in [6.07, 6.45) is 3.77. The maximum absolute atomic E-state index is 5.23. The van der Waals surface area contributed by atoms with Crippen molar-refractivity contribution in [2.24, 2.45) is 5.84 Å². The molecule has 8 heteroatoms. The Kier molecular flexibility index (Phi) is 3.46. The van der Waals surface area contributed by atoms with E-state index < -0.39 is 0 Å². The highest BCUT2D eigenvalue weighted by atomic mass is 16.5. The van der Waals surface area contributed by atoms with Crippen LogP contribution in [0.5, 0.6) is 0 Å². The number of aryl methyl sites for hydroxylation is 1. The molecule has 0 radical (unpaired) electrons. The number of aromatic nitrogens is 4. The van der Waals surface area contributed by atoms with E-state index in [-0.39, 0.29) is 0 Å². The minimum Gasteiger partial charge on any atom is -0.368 e. The van der Waals surface area contributed by atoms with Gasteiger partial charge in [-0.3, -0.25) is 4.98 Å². The van der Waals surface area contributed by atoms with Crippen molar-refractivity contribution in [1.82, 2.24) is 20.1 Å². The SMILES string of the molecule is Cc1noc(CCNc2cncc(NN)n2)n1. The monoisotopic (exact) mass is 235 g/mol. The molecule has 0 fully saturated rings. The van der Waals surface area contributed by atoms with Crippen LogP contribution in [0.2, 0.25) is 0 Å². The van der Waals surface area contributed by atoms with Gasteiger partial charge in [0.15, 0.2) is 11.6 Å². The van der Waals surface area contributed by atoms with Crippen LogP contribution < -0.4 is 16.6 Å². The van der Waals surface area contributed by atoms with Crippen LogP contribution in [0.3, 0.4) is 0 Å². The first kappa shape index (κ1) is 11.3.